The normalized spacial score (nSPS) is 12.5. The van der Waals surface area contributed by atoms with Gasteiger partial charge in [0.15, 0.2) is 0 Å². The molecule has 0 aromatic carbocycles. The van der Waals surface area contributed by atoms with Gasteiger partial charge in [0.1, 0.15) is 11.3 Å². The maximum atomic E-state index is 10.2. The van der Waals surface area contributed by atoms with Gasteiger partial charge < -0.3 is 4.74 Å². The van der Waals surface area contributed by atoms with Crippen molar-refractivity contribution in [1.29, 1.82) is 0 Å². The smallest absolute Gasteiger partial charge is 0.201 e. The van der Waals surface area contributed by atoms with Crippen LogP contribution in [0.15, 0.2) is 0 Å². The summed E-state index contributed by atoms with van der Waals surface area (Å²) in [6, 6.07) is 0. The fourth-order valence-corrected chi connectivity index (χ4v) is 1.30. The molecule has 0 bridgehead atoms. The van der Waals surface area contributed by atoms with E-state index in [0.717, 1.165) is 6.42 Å². The second-order valence-corrected chi connectivity index (χ2v) is 4.32. The Morgan fingerprint density at radius 1 is 1.54 bits per heavy atom. The summed E-state index contributed by atoms with van der Waals surface area (Å²) in [6.07, 6.45) is 4.72. The Balaban J connectivity index is 3.65. The minimum absolute atomic E-state index is 0.231. The van der Waals surface area contributed by atoms with Crippen molar-refractivity contribution >= 4 is 28.3 Å². The zero-order chi connectivity index (χ0) is 10.1. The average molecular weight is 222 g/mol. The average Bonchev–Trinajstić information content (AvgIpc) is 2.17. The molecule has 0 saturated heterocycles. The number of unbranched alkanes of at least 4 members (excludes halogenated alkanes) is 1. The molecule has 0 N–H and O–H groups in total. The van der Waals surface area contributed by atoms with Crippen LogP contribution in [0.2, 0.25) is 0 Å². The number of hydrogen-bond donors (Lipinski definition) is 1. The highest BCUT2D eigenvalue weighted by Gasteiger charge is 2.06. The van der Waals surface area contributed by atoms with E-state index in [1.807, 2.05) is 0 Å². The molecule has 0 aliphatic rings. The van der Waals surface area contributed by atoms with Crippen molar-refractivity contribution in [3.63, 3.8) is 0 Å². The lowest BCUT2D eigenvalue weighted by Crippen LogP contribution is -2.10. The second kappa shape index (κ2) is 8.78. The molecule has 0 heterocycles. The van der Waals surface area contributed by atoms with Gasteiger partial charge in [0.2, 0.25) is 4.38 Å². The molecule has 0 fully saturated rings. The fourth-order valence-electron chi connectivity index (χ4n) is 1.11. The Labute approximate surface area is 89.5 Å². The zero-order valence-electron chi connectivity index (χ0n) is 8.28. The van der Waals surface area contributed by atoms with E-state index >= 15 is 0 Å². The lowest BCUT2D eigenvalue weighted by Gasteiger charge is -2.12. The van der Waals surface area contributed by atoms with E-state index < -0.39 is 0 Å². The molecular formula is C9H18O2S2. The Hall–Kier alpha value is 0.200. The van der Waals surface area contributed by atoms with Crippen molar-refractivity contribution < 1.29 is 8.95 Å². The van der Waals surface area contributed by atoms with E-state index in [-0.39, 0.29) is 4.38 Å². The molecule has 0 aromatic rings. The molecule has 0 spiro atoms. The third-order valence-electron chi connectivity index (χ3n) is 2.06. The first-order valence-electron chi connectivity index (χ1n) is 4.73. The zero-order valence-corrected chi connectivity index (χ0v) is 10.00. The molecule has 4 heteroatoms. The van der Waals surface area contributed by atoms with Crippen LogP contribution in [-0.2, 0) is 16.0 Å². The standard InChI is InChI=1S/C9H18O2S2/c1-3-5-6-8(4-2)7-11-9(12)13-10/h8,12H,3-7H2,1-2H3. The second-order valence-electron chi connectivity index (χ2n) is 3.08. The van der Waals surface area contributed by atoms with E-state index in [9.17, 15) is 4.21 Å². The van der Waals surface area contributed by atoms with Crippen LogP contribution in [0.25, 0.3) is 0 Å². The van der Waals surface area contributed by atoms with Crippen LogP contribution < -0.4 is 0 Å². The summed E-state index contributed by atoms with van der Waals surface area (Å²) < 4.78 is 15.6. The molecule has 1 atom stereocenters. The molecule has 78 valence electrons. The minimum atomic E-state index is 0.231. The Morgan fingerprint density at radius 3 is 2.69 bits per heavy atom. The number of rotatable bonds is 6. The van der Waals surface area contributed by atoms with Crippen LogP contribution in [0.1, 0.15) is 39.5 Å². The maximum Gasteiger partial charge on any atom is 0.201 e. The lowest BCUT2D eigenvalue weighted by atomic mass is 10.0. The van der Waals surface area contributed by atoms with Gasteiger partial charge in [-0.05, 0) is 12.3 Å². The molecule has 0 aromatic heterocycles. The largest absolute Gasteiger partial charge is 0.328 e. The van der Waals surface area contributed by atoms with Crippen molar-refractivity contribution in [3.05, 3.63) is 0 Å². The first kappa shape index (κ1) is 13.2. The first-order valence-corrected chi connectivity index (χ1v) is 5.91. The predicted octanol–water partition coefficient (Wildman–Crippen LogP) is 2.45. The monoisotopic (exact) mass is 222 g/mol. The molecule has 0 rings (SSSR count). The molecule has 1 unspecified atom stereocenters. The van der Waals surface area contributed by atoms with Crippen molar-refractivity contribution in [3.8, 4) is 0 Å². The molecule has 0 radical (unpaired) electrons. The highest BCUT2D eigenvalue weighted by atomic mass is 32.2. The van der Waals surface area contributed by atoms with Crippen LogP contribution >= 0.6 is 12.6 Å². The van der Waals surface area contributed by atoms with E-state index in [4.69, 9.17) is 4.74 Å². The summed E-state index contributed by atoms with van der Waals surface area (Å²) >= 11 is 4.19. The Bertz CT molecular complexity index is 176. The third kappa shape index (κ3) is 7.28. The lowest BCUT2D eigenvalue weighted by molar-refractivity contribution is 0.233. The topological polar surface area (TPSA) is 26.3 Å². The summed E-state index contributed by atoms with van der Waals surface area (Å²) in [7, 11) is 0. The van der Waals surface area contributed by atoms with Gasteiger partial charge >= 0.3 is 0 Å². The highest BCUT2D eigenvalue weighted by Crippen LogP contribution is 2.12. The molecule has 0 aliphatic carbocycles. The van der Waals surface area contributed by atoms with E-state index in [0.29, 0.717) is 23.8 Å². The van der Waals surface area contributed by atoms with Crippen LogP contribution in [0.4, 0.5) is 0 Å². The number of hydrogen-bond acceptors (Lipinski definition) is 2. The molecular weight excluding hydrogens is 204 g/mol. The summed E-state index contributed by atoms with van der Waals surface area (Å²) in [5, 5.41) is 0. The quantitative estimate of drug-likeness (QED) is 0.552. The van der Waals surface area contributed by atoms with Crippen LogP contribution in [0.3, 0.4) is 0 Å². The van der Waals surface area contributed by atoms with Gasteiger partial charge in [-0.3, -0.25) is 0 Å². The fraction of sp³-hybridized carbons (Fsp3) is 0.889. The molecule has 0 amide bonds. The first-order chi connectivity index (χ1) is 6.24. The van der Waals surface area contributed by atoms with Gasteiger partial charge in [0, 0.05) is 0 Å². The minimum Gasteiger partial charge on any atom is -0.328 e. The van der Waals surface area contributed by atoms with E-state index in [1.165, 1.54) is 19.3 Å². The van der Waals surface area contributed by atoms with E-state index in [1.54, 1.807) is 0 Å². The van der Waals surface area contributed by atoms with Crippen molar-refractivity contribution in [2.45, 2.75) is 39.5 Å². The van der Waals surface area contributed by atoms with Crippen molar-refractivity contribution in [1.82, 2.24) is 0 Å². The molecule has 0 aliphatic heterocycles. The molecule has 13 heavy (non-hydrogen) atoms. The van der Waals surface area contributed by atoms with Gasteiger partial charge in [-0.2, -0.15) is 0 Å². The SMILES string of the molecule is CCCCC(CC)COC(S)=S=O. The van der Waals surface area contributed by atoms with Gasteiger partial charge in [0.05, 0.1) is 6.61 Å². The summed E-state index contributed by atoms with van der Waals surface area (Å²) in [5.41, 5.74) is 0. The van der Waals surface area contributed by atoms with Crippen LogP contribution in [0.5, 0.6) is 0 Å². The van der Waals surface area contributed by atoms with Crippen LogP contribution in [0, 0.1) is 5.92 Å². The molecule has 2 nitrogen and oxygen atoms in total. The van der Waals surface area contributed by atoms with E-state index in [2.05, 4.69) is 26.5 Å². The summed E-state index contributed by atoms with van der Waals surface area (Å²) in [4.78, 5) is 0. The third-order valence-corrected chi connectivity index (χ3v) is 2.67. The van der Waals surface area contributed by atoms with Crippen molar-refractivity contribution in [2.24, 2.45) is 5.92 Å². The summed E-state index contributed by atoms with van der Waals surface area (Å²) in [6.45, 7) is 4.95. The Kier molecular flexibility index (Phi) is 8.92. The number of ether oxygens (including phenoxy) is 1. The predicted molar refractivity (Wildman–Crippen MR) is 61.4 cm³/mol. The summed E-state index contributed by atoms with van der Waals surface area (Å²) in [5.74, 6) is 0.564. The van der Waals surface area contributed by atoms with Gasteiger partial charge in [-0.1, -0.05) is 33.1 Å². The van der Waals surface area contributed by atoms with Crippen LogP contribution in [-0.4, -0.2) is 15.2 Å². The molecule has 0 saturated carbocycles. The number of thiol groups is 1. The maximum absolute atomic E-state index is 10.2. The van der Waals surface area contributed by atoms with Gasteiger partial charge in [0.25, 0.3) is 0 Å². The van der Waals surface area contributed by atoms with Crippen molar-refractivity contribution in [2.75, 3.05) is 6.61 Å². The Morgan fingerprint density at radius 2 is 2.23 bits per heavy atom. The van der Waals surface area contributed by atoms with Gasteiger partial charge in [-0.25, -0.2) is 4.21 Å². The van der Waals surface area contributed by atoms with Gasteiger partial charge in [-0.15, -0.1) is 12.6 Å². The highest BCUT2D eigenvalue weighted by molar-refractivity contribution is 8.06.